The average molecular weight is 166 g/mol. The number of aryl methyl sites for hydroxylation is 1. The topological polar surface area (TPSA) is 20.2 Å². The molecule has 1 rings (SSSR count). The molecule has 0 saturated carbocycles. The molecule has 0 heterocycles. The maximum absolute atomic E-state index is 12.6. The molecule has 1 nitrogen and oxygen atoms in total. The molecule has 0 atom stereocenters. The summed E-state index contributed by atoms with van der Waals surface area (Å²) in [7, 11) is 0. The molecule has 1 aromatic carbocycles. The summed E-state index contributed by atoms with van der Waals surface area (Å²) in [4.78, 5) is 0. The third-order valence-corrected chi connectivity index (χ3v) is 1.65. The first-order chi connectivity index (χ1) is 5.74. The van der Waals surface area contributed by atoms with Gasteiger partial charge in [-0.1, -0.05) is 24.3 Å². The zero-order chi connectivity index (χ0) is 8.97. The normalized spacial score (nSPS) is 11.8. The number of hydrogen-bond acceptors (Lipinski definition) is 1. The van der Waals surface area contributed by atoms with E-state index >= 15 is 0 Å². The van der Waals surface area contributed by atoms with Gasteiger partial charge in [-0.2, -0.15) is 0 Å². The van der Waals surface area contributed by atoms with Gasteiger partial charge in [-0.05, 0) is 24.1 Å². The molecule has 0 aliphatic heterocycles. The van der Waals surface area contributed by atoms with Crippen molar-refractivity contribution in [1.82, 2.24) is 0 Å². The molecule has 0 radical (unpaired) electrons. The third-order valence-electron chi connectivity index (χ3n) is 1.65. The van der Waals surface area contributed by atoms with Crippen LogP contribution in [-0.2, 0) is 0 Å². The van der Waals surface area contributed by atoms with Gasteiger partial charge in [0.15, 0.2) is 0 Å². The summed E-state index contributed by atoms with van der Waals surface area (Å²) >= 11 is 0. The van der Waals surface area contributed by atoms with Crippen molar-refractivity contribution in [1.29, 1.82) is 0 Å². The SMILES string of the molecule is Cc1ccccc1/C=C(/F)CO. The molecule has 1 N–H and O–H groups in total. The van der Waals surface area contributed by atoms with Gasteiger partial charge in [0.2, 0.25) is 0 Å². The minimum absolute atomic E-state index is 0.510. The predicted octanol–water partition coefficient (Wildman–Crippen LogP) is 2.30. The van der Waals surface area contributed by atoms with E-state index in [1.54, 1.807) is 0 Å². The lowest BCUT2D eigenvalue weighted by Gasteiger charge is -1.98. The van der Waals surface area contributed by atoms with Crippen molar-refractivity contribution in [2.45, 2.75) is 6.92 Å². The van der Waals surface area contributed by atoms with Crippen LogP contribution in [0.2, 0.25) is 0 Å². The molecule has 0 aliphatic rings. The summed E-state index contributed by atoms with van der Waals surface area (Å²) < 4.78 is 12.6. The second-order valence-electron chi connectivity index (χ2n) is 2.61. The van der Waals surface area contributed by atoms with Crippen molar-refractivity contribution < 1.29 is 9.50 Å². The highest BCUT2D eigenvalue weighted by Crippen LogP contribution is 2.11. The van der Waals surface area contributed by atoms with E-state index in [4.69, 9.17) is 5.11 Å². The first-order valence-corrected chi connectivity index (χ1v) is 3.76. The molecule has 1 aromatic rings. The van der Waals surface area contributed by atoms with Crippen LogP contribution in [0.25, 0.3) is 6.08 Å². The summed E-state index contributed by atoms with van der Waals surface area (Å²) in [6.45, 7) is 1.37. The first-order valence-electron chi connectivity index (χ1n) is 3.76. The summed E-state index contributed by atoms with van der Waals surface area (Å²) in [5, 5.41) is 8.44. The standard InChI is InChI=1S/C10H11FO/c1-8-4-2-3-5-9(8)6-10(11)7-12/h2-6,12H,7H2,1H3/b10-6+. The number of halogens is 1. The Morgan fingerprint density at radius 2 is 2.17 bits per heavy atom. The highest BCUT2D eigenvalue weighted by Gasteiger charge is 1.95. The maximum atomic E-state index is 12.6. The number of aliphatic hydroxyl groups is 1. The van der Waals surface area contributed by atoms with Gasteiger partial charge in [0.1, 0.15) is 5.83 Å². The van der Waals surface area contributed by atoms with Crippen LogP contribution in [0, 0.1) is 6.92 Å². The fraction of sp³-hybridized carbons (Fsp3) is 0.200. The largest absolute Gasteiger partial charge is 0.389 e. The Balaban J connectivity index is 2.96. The molecule has 12 heavy (non-hydrogen) atoms. The van der Waals surface area contributed by atoms with E-state index in [1.807, 2.05) is 31.2 Å². The van der Waals surface area contributed by atoms with Gasteiger partial charge < -0.3 is 5.11 Å². The molecule has 0 aliphatic carbocycles. The maximum Gasteiger partial charge on any atom is 0.126 e. The molecular weight excluding hydrogens is 155 g/mol. The molecule has 0 bridgehead atoms. The minimum atomic E-state index is -0.533. The van der Waals surface area contributed by atoms with E-state index in [2.05, 4.69) is 0 Å². The quantitative estimate of drug-likeness (QED) is 0.714. The van der Waals surface area contributed by atoms with Crippen LogP contribution in [0.1, 0.15) is 11.1 Å². The van der Waals surface area contributed by atoms with Crippen molar-refractivity contribution in [3.63, 3.8) is 0 Å². The van der Waals surface area contributed by atoms with Gasteiger partial charge >= 0.3 is 0 Å². The Hall–Kier alpha value is -1.15. The molecule has 64 valence electrons. The van der Waals surface area contributed by atoms with Crippen molar-refractivity contribution >= 4 is 6.08 Å². The summed E-state index contributed by atoms with van der Waals surface area (Å²) in [5.41, 5.74) is 1.81. The van der Waals surface area contributed by atoms with E-state index in [-0.39, 0.29) is 0 Å². The lowest BCUT2D eigenvalue weighted by molar-refractivity contribution is 0.300. The second kappa shape index (κ2) is 4.02. The fourth-order valence-corrected chi connectivity index (χ4v) is 0.963. The van der Waals surface area contributed by atoms with Gasteiger partial charge in [-0.25, -0.2) is 4.39 Å². The van der Waals surface area contributed by atoms with Gasteiger partial charge in [0.25, 0.3) is 0 Å². The van der Waals surface area contributed by atoms with Crippen LogP contribution in [0.5, 0.6) is 0 Å². The number of rotatable bonds is 2. The van der Waals surface area contributed by atoms with Crippen molar-refractivity contribution in [3.8, 4) is 0 Å². The lowest BCUT2D eigenvalue weighted by Crippen LogP contribution is -1.84. The number of hydrogen-bond donors (Lipinski definition) is 1. The van der Waals surface area contributed by atoms with E-state index in [1.165, 1.54) is 6.08 Å². The Morgan fingerprint density at radius 1 is 1.50 bits per heavy atom. The van der Waals surface area contributed by atoms with Gasteiger partial charge in [-0.15, -0.1) is 0 Å². The van der Waals surface area contributed by atoms with Crippen LogP contribution >= 0.6 is 0 Å². The van der Waals surface area contributed by atoms with Crippen LogP contribution in [-0.4, -0.2) is 11.7 Å². The van der Waals surface area contributed by atoms with Crippen molar-refractivity contribution in [3.05, 3.63) is 41.2 Å². The first kappa shape index (κ1) is 8.94. The van der Waals surface area contributed by atoms with E-state index in [0.717, 1.165) is 11.1 Å². The van der Waals surface area contributed by atoms with Crippen LogP contribution in [0.4, 0.5) is 4.39 Å². The fourth-order valence-electron chi connectivity index (χ4n) is 0.963. The highest BCUT2D eigenvalue weighted by atomic mass is 19.1. The predicted molar refractivity (Wildman–Crippen MR) is 47.3 cm³/mol. The average Bonchev–Trinajstić information content (AvgIpc) is 2.09. The molecule has 0 fully saturated rings. The molecular formula is C10H11FO. The monoisotopic (exact) mass is 166 g/mol. The third kappa shape index (κ3) is 2.17. The van der Waals surface area contributed by atoms with Crippen LogP contribution in [0.3, 0.4) is 0 Å². The zero-order valence-electron chi connectivity index (χ0n) is 6.92. The molecule has 0 aromatic heterocycles. The molecule has 0 spiro atoms. The zero-order valence-corrected chi connectivity index (χ0v) is 6.92. The van der Waals surface area contributed by atoms with Gasteiger partial charge in [0.05, 0.1) is 6.61 Å². The van der Waals surface area contributed by atoms with E-state index < -0.39 is 12.4 Å². The van der Waals surface area contributed by atoms with E-state index in [0.29, 0.717) is 0 Å². The van der Waals surface area contributed by atoms with Crippen LogP contribution in [0.15, 0.2) is 30.1 Å². The van der Waals surface area contributed by atoms with Crippen molar-refractivity contribution in [2.75, 3.05) is 6.61 Å². The Labute approximate surface area is 71.2 Å². The van der Waals surface area contributed by atoms with Gasteiger partial charge in [0, 0.05) is 0 Å². The van der Waals surface area contributed by atoms with Crippen molar-refractivity contribution in [2.24, 2.45) is 0 Å². The molecule has 0 saturated heterocycles. The number of aliphatic hydroxyl groups excluding tert-OH is 1. The Bertz CT molecular complexity index is 292. The molecule has 2 heteroatoms. The smallest absolute Gasteiger partial charge is 0.126 e. The Morgan fingerprint density at radius 3 is 2.75 bits per heavy atom. The molecule has 0 amide bonds. The van der Waals surface area contributed by atoms with E-state index in [9.17, 15) is 4.39 Å². The highest BCUT2D eigenvalue weighted by molar-refractivity contribution is 5.54. The number of benzene rings is 1. The Kier molecular flexibility index (Phi) is 3.00. The second-order valence-corrected chi connectivity index (χ2v) is 2.61. The lowest BCUT2D eigenvalue weighted by atomic mass is 10.1. The molecule has 0 unspecified atom stereocenters. The summed E-state index contributed by atoms with van der Waals surface area (Å²) in [5.74, 6) is -0.510. The van der Waals surface area contributed by atoms with Crippen LogP contribution < -0.4 is 0 Å². The van der Waals surface area contributed by atoms with Gasteiger partial charge in [-0.3, -0.25) is 0 Å². The summed E-state index contributed by atoms with van der Waals surface area (Å²) in [6, 6.07) is 7.44. The minimum Gasteiger partial charge on any atom is -0.389 e. The summed E-state index contributed by atoms with van der Waals surface area (Å²) in [6.07, 6.45) is 1.34.